The van der Waals surface area contributed by atoms with Gasteiger partial charge in [0, 0.05) is 18.7 Å². The van der Waals surface area contributed by atoms with E-state index in [9.17, 15) is 4.79 Å². The summed E-state index contributed by atoms with van der Waals surface area (Å²) in [4.78, 5) is 14.0. The third-order valence-corrected chi connectivity index (χ3v) is 3.68. The van der Waals surface area contributed by atoms with Gasteiger partial charge in [-0.15, -0.1) is 0 Å². The van der Waals surface area contributed by atoms with Crippen molar-refractivity contribution < 1.29 is 14.3 Å². The van der Waals surface area contributed by atoms with E-state index >= 15 is 0 Å². The number of anilines is 1. The topological polar surface area (TPSA) is 38.8 Å². The summed E-state index contributed by atoms with van der Waals surface area (Å²) in [5.41, 5.74) is 2.84. The van der Waals surface area contributed by atoms with Crippen LogP contribution in [0.2, 0.25) is 0 Å². The summed E-state index contributed by atoms with van der Waals surface area (Å²) >= 11 is 0. The number of carbonyl (C=O) groups is 1. The second-order valence-electron chi connectivity index (χ2n) is 5.43. The molecule has 1 aromatic rings. The fraction of sp³-hybridized carbons (Fsp3) is 0.562. The highest BCUT2D eigenvalue weighted by atomic mass is 16.5. The lowest BCUT2D eigenvalue weighted by Crippen LogP contribution is -2.36. The maximum absolute atomic E-state index is 11.8. The Morgan fingerprint density at radius 3 is 2.45 bits per heavy atom. The molecule has 110 valence electrons. The second kappa shape index (κ2) is 6.27. The average Bonchev–Trinajstić information content (AvgIpc) is 2.46. The first-order valence-electron chi connectivity index (χ1n) is 7.10. The normalized spacial score (nSPS) is 15.6. The van der Waals surface area contributed by atoms with Gasteiger partial charge in [0.15, 0.2) is 5.78 Å². The van der Waals surface area contributed by atoms with Crippen LogP contribution in [0.1, 0.15) is 42.6 Å². The predicted molar refractivity (Wildman–Crippen MR) is 80.1 cm³/mol. The van der Waals surface area contributed by atoms with Crippen molar-refractivity contribution in [3.8, 4) is 5.75 Å². The number of ketones is 1. The van der Waals surface area contributed by atoms with Crippen LogP contribution in [0.3, 0.4) is 0 Å². The van der Waals surface area contributed by atoms with Crippen LogP contribution in [0.15, 0.2) is 12.1 Å². The molecule has 0 atom stereocenters. The Morgan fingerprint density at radius 2 is 1.95 bits per heavy atom. The molecule has 0 radical (unpaired) electrons. The van der Waals surface area contributed by atoms with Crippen molar-refractivity contribution in [1.29, 1.82) is 0 Å². The van der Waals surface area contributed by atoms with Crippen LogP contribution in [0.4, 0.5) is 5.69 Å². The number of morpholine rings is 1. The highest BCUT2D eigenvalue weighted by Gasteiger charge is 2.21. The minimum atomic E-state index is 0.0871. The number of hydrogen-bond acceptors (Lipinski definition) is 4. The van der Waals surface area contributed by atoms with E-state index < -0.39 is 0 Å². The zero-order valence-corrected chi connectivity index (χ0v) is 12.7. The van der Waals surface area contributed by atoms with Crippen LogP contribution in [-0.4, -0.2) is 39.2 Å². The Hall–Kier alpha value is -1.55. The van der Waals surface area contributed by atoms with Crippen LogP contribution < -0.4 is 9.64 Å². The smallest absolute Gasteiger partial charge is 0.159 e. The monoisotopic (exact) mass is 277 g/mol. The lowest BCUT2D eigenvalue weighted by atomic mass is 9.96. The minimum Gasteiger partial charge on any atom is -0.494 e. The van der Waals surface area contributed by atoms with Crippen molar-refractivity contribution in [2.75, 3.05) is 38.3 Å². The van der Waals surface area contributed by atoms with Crippen molar-refractivity contribution in [3.05, 3.63) is 23.3 Å². The van der Waals surface area contributed by atoms with Gasteiger partial charge in [-0.25, -0.2) is 0 Å². The van der Waals surface area contributed by atoms with Gasteiger partial charge in [0.05, 0.1) is 26.0 Å². The molecule has 0 bridgehead atoms. The standard InChI is InChI=1S/C16H23NO3/c1-11(2)14-9-13(12(3)18)10-15(16(14)19-4)17-5-7-20-8-6-17/h9-11H,5-8H2,1-4H3. The molecule has 1 aliphatic heterocycles. The summed E-state index contributed by atoms with van der Waals surface area (Å²) < 4.78 is 11.0. The first kappa shape index (κ1) is 14.9. The van der Waals surface area contributed by atoms with Gasteiger partial charge >= 0.3 is 0 Å². The number of ether oxygens (including phenoxy) is 2. The Morgan fingerprint density at radius 1 is 1.30 bits per heavy atom. The molecule has 0 saturated carbocycles. The van der Waals surface area contributed by atoms with E-state index in [-0.39, 0.29) is 5.78 Å². The summed E-state index contributed by atoms with van der Waals surface area (Å²) in [6.07, 6.45) is 0. The number of methoxy groups -OCH3 is 1. The molecule has 20 heavy (non-hydrogen) atoms. The van der Waals surface area contributed by atoms with Crippen molar-refractivity contribution in [2.24, 2.45) is 0 Å². The van der Waals surface area contributed by atoms with Gasteiger partial charge in [0.2, 0.25) is 0 Å². The van der Waals surface area contributed by atoms with Crippen LogP contribution in [0.5, 0.6) is 5.75 Å². The third-order valence-electron chi connectivity index (χ3n) is 3.68. The Kier molecular flexibility index (Phi) is 4.65. The van der Waals surface area contributed by atoms with Crippen molar-refractivity contribution in [2.45, 2.75) is 26.7 Å². The van der Waals surface area contributed by atoms with Crippen LogP contribution in [-0.2, 0) is 4.74 Å². The summed E-state index contributed by atoms with van der Waals surface area (Å²) in [5.74, 6) is 1.28. The average molecular weight is 277 g/mol. The molecular weight excluding hydrogens is 254 g/mol. The van der Waals surface area contributed by atoms with Crippen LogP contribution in [0, 0.1) is 0 Å². The summed E-state index contributed by atoms with van der Waals surface area (Å²) in [5, 5.41) is 0. The van der Waals surface area contributed by atoms with E-state index in [1.54, 1.807) is 14.0 Å². The first-order chi connectivity index (χ1) is 9.54. The number of Topliss-reactive ketones (excluding diaryl/α,β-unsaturated/α-hetero) is 1. The van der Waals surface area contributed by atoms with E-state index in [2.05, 4.69) is 18.7 Å². The summed E-state index contributed by atoms with van der Waals surface area (Å²) in [6.45, 7) is 8.92. The lowest BCUT2D eigenvalue weighted by Gasteiger charge is -2.31. The Bertz CT molecular complexity index is 491. The number of benzene rings is 1. The van der Waals surface area contributed by atoms with Crippen LogP contribution >= 0.6 is 0 Å². The van der Waals surface area contributed by atoms with Gasteiger partial charge in [0.25, 0.3) is 0 Å². The molecule has 0 spiro atoms. The van der Waals surface area contributed by atoms with E-state index in [0.29, 0.717) is 19.1 Å². The zero-order chi connectivity index (χ0) is 14.7. The molecular formula is C16H23NO3. The number of carbonyl (C=O) groups excluding carboxylic acids is 1. The molecule has 1 aromatic carbocycles. The largest absolute Gasteiger partial charge is 0.494 e. The Labute approximate surface area is 120 Å². The van der Waals surface area contributed by atoms with Crippen LogP contribution in [0.25, 0.3) is 0 Å². The maximum atomic E-state index is 11.8. The van der Waals surface area contributed by atoms with E-state index in [1.165, 1.54) is 0 Å². The molecule has 0 N–H and O–H groups in total. The van der Waals surface area contributed by atoms with Gasteiger partial charge in [-0.05, 0) is 30.5 Å². The fourth-order valence-electron chi connectivity index (χ4n) is 2.53. The van der Waals surface area contributed by atoms with E-state index in [4.69, 9.17) is 9.47 Å². The molecule has 2 rings (SSSR count). The SMILES string of the molecule is COc1c(C(C)C)cc(C(C)=O)cc1N1CCOCC1. The molecule has 1 saturated heterocycles. The molecule has 1 fully saturated rings. The minimum absolute atomic E-state index is 0.0871. The fourth-order valence-corrected chi connectivity index (χ4v) is 2.53. The first-order valence-corrected chi connectivity index (χ1v) is 7.10. The molecule has 1 aliphatic rings. The van der Waals surface area contributed by atoms with Crippen molar-refractivity contribution in [1.82, 2.24) is 0 Å². The predicted octanol–water partition coefficient (Wildman–Crippen LogP) is 2.86. The molecule has 0 amide bonds. The molecule has 4 heteroatoms. The molecule has 0 aliphatic carbocycles. The van der Waals surface area contributed by atoms with Gasteiger partial charge < -0.3 is 14.4 Å². The number of nitrogens with zero attached hydrogens (tertiary/aromatic N) is 1. The Balaban J connectivity index is 2.53. The van der Waals surface area contributed by atoms with E-state index in [0.717, 1.165) is 35.7 Å². The third kappa shape index (κ3) is 2.96. The van der Waals surface area contributed by atoms with Crippen molar-refractivity contribution in [3.63, 3.8) is 0 Å². The quantitative estimate of drug-likeness (QED) is 0.793. The zero-order valence-electron chi connectivity index (χ0n) is 12.7. The lowest BCUT2D eigenvalue weighted by molar-refractivity contribution is 0.101. The van der Waals surface area contributed by atoms with Gasteiger partial charge in [-0.1, -0.05) is 13.8 Å². The number of rotatable bonds is 4. The molecule has 0 aromatic heterocycles. The van der Waals surface area contributed by atoms with Gasteiger partial charge in [-0.2, -0.15) is 0 Å². The highest BCUT2D eigenvalue weighted by molar-refractivity contribution is 5.96. The molecule has 4 nitrogen and oxygen atoms in total. The summed E-state index contributed by atoms with van der Waals surface area (Å²) in [6, 6.07) is 3.90. The second-order valence-corrected chi connectivity index (χ2v) is 5.43. The number of hydrogen-bond donors (Lipinski definition) is 0. The highest BCUT2D eigenvalue weighted by Crippen LogP contribution is 2.38. The molecule has 1 heterocycles. The maximum Gasteiger partial charge on any atom is 0.159 e. The van der Waals surface area contributed by atoms with Gasteiger partial charge in [0.1, 0.15) is 5.75 Å². The van der Waals surface area contributed by atoms with Crippen molar-refractivity contribution >= 4 is 11.5 Å². The van der Waals surface area contributed by atoms with E-state index in [1.807, 2.05) is 12.1 Å². The molecule has 0 unspecified atom stereocenters. The van der Waals surface area contributed by atoms with Gasteiger partial charge in [-0.3, -0.25) is 4.79 Å². The summed E-state index contributed by atoms with van der Waals surface area (Å²) in [7, 11) is 1.69.